The lowest BCUT2D eigenvalue weighted by molar-refractivity contribution is -0.136. The van der Waals surface area contributed by atoms with Crippen LogP contribution in [0.5, 0.6) is 0 Å². The number of hydrogen-bond donors (Lipinski definition) is 3. The molecule has 1 rings (SSSR count). The molecule has 0 aromatic carbocycles. The summed E-state index contributed by atoms with van der Waals surface area (Å²) in [5.74, 6) is -0.353. The highest BCUT2D eigenvalue weighted by Crippen LogP contribution is 2.07. The van der Waals surface area contributed by atoms with Gasteiger partial charge in [0.25, 0.3) is 0 Å². The lowest BCUT2D eigenvalue weighted by Gasteiger charge is -2.34. The van der Waals surface area contributed by atoms with E-state index in [2.05, 4.69) is 20.6 Å². The topological polar surface area (TPSA) is 89.3 Å². The van der Waals surface area contributed by atoms with Gasteiger partial charge in [-0.1, -0.05) is 0 Å². The summed E-state index contributed by atoms with van der Waals surface area (Å²) in [7, 11) is 0. The van der Waals surface area contributed by atoms with Crippen molar-refractivity contribution >= 4 is 28.8 Å². The molecule has 0 aliphatic carbocycles. The zero-order valence-electron chi connectivity index (χ0n) is 10.6. The second kappa shape index (κ2) is 6.55. The molecule has 7 nitrogen and oxygen atoms in total. The molecule has 0 bridgehead atoms. The van der Waals surface area contributed by atoms with Crippen molar-refractivity contribution in [2.75, 3.05) is 13.1 Å². The van der Waals surface area contributed by atoms with E-state index in [1.807, 2.05) is 25.7 Å². The van der Waals surface area contributed by atoms with Crippen molar-refractivity contribution in [3.8, 4) is 0 Å². The van der Waals surface area contributed by atoms with E-state index in [-0.39, 0.29) is 17.9 Å². The Morgan fingerprint density at radius 3 is 2.89 bits per heavy atom. The summed E-state index contributed by atoms with van der Waals surface area (Å²) in [6, 6.07) is 0.101. The molecular formula is C10H18ClN5O2. The summed E-state index contributed by atoms with van der Waals surface area (Å²) < 4.78 is 0. The average molecular weight is 276 g/mol. The van der Waals surface area contributed by atoms with Crippen LogP contribution in [0.2, 0.25) is 0 Å². The lowest BCUT2D eigenvalue weighted by atomic mass is 10.4. The predicted octanol–water partition coefficient (Wildman–Crippen LogP) is 0.229. The number of nitrogens with one attached hydrogen (secondary N) is 2. The Labute approximate surface area is 111 Å². The van der Waals surface area contributed by atoms with Crippen LogP contribution in [-0.2, 0) is 4.79 Å². The van der Waals surface area contributed by atoms with Gasteiger partial charge in [-0.15, -0.1) is 0 Å². The molecule has 0 amide bonds. The minimum absolute atomic E-state index is 0.101. The summed E-state index contributed by atoms with van der Waals surface area (Å²) in [5.41, 5.74) is 0. The quantitative estimate of drug-likeness (QED) is 0.625. The Balaban J connectivity index is 2.87. The van der Waals surface area contributed by atoms with E-state index in [9.17, 15) is 4.79 Å². The van der Waals surface area contributed by atoms with Crippen LogP contribution in [0.3, 0.4) is 0 Å². The second-order valence-corrected chi connectivity index (χ2v) is 4.38. The Bertz CT molecular complexity index is 369. The Hall–Kier alpha value is -1.34. The normalized spacial score (nSPS) is 22.1. The van der Waals surface area contributed by atoms with Gasteiger partial charge < -0.3 is 15.3 Å². The minimum atomic E-state index is -0.946. The molecule has 0 saturated heterocycles. The van der Waals surface area contributed by atoms with E-state index in [1.54, 1.807) is 0 Å². The van der Waals surface area contributed by atoms with Crippen LogP contribution in [0, 0.1) is 0 Å². The number of carboxylic acids is 1. The standard InChI is InChI=1S/C10H18ClN5O2/c1-4-16-9(12-5-7(17)18)14-8(11)15-10(16)13-6(2)3/h6,9,12H,4-5H2,1-3H3,(H,17,18)(H,13,14,15). The smallest absolute Gasteiger partial charge is 0.317 e. The summed E-state index contributed by atoms with van der Waals surface area (Å²) in [6.45, 7) is 6.26. The van der Waals surface area contributed by atoms with Crippen molar-refractivity contribution in [1.29, 1.82) is 0 Å². The lowest BCUT2D eigenvalue weighted by Crippen LogP contribution is -2.58. The third kappa shape index (κ3) is 4.15. The molecule has 0 saturated carbocycles. The van der Waals surface area contributed by atoms with Gasteiger partial charge in [-0.05, 0) is 32.4 Å². The van der Waals surface area contributed by atoms with E-state index in [4.69, 9.17) is 16.7 Å². The van der Waals surface area contributed by atoms with Crippen LogP contribution in [0.4, 0.5) is 0 Å². The number of nitrogens with zero attached hydrogens (tertiary/aromatic N) is 3. The highest BCUT2D eigenvalue weighted by Gasteiger charge is 2.26. The van der Waals surface area contributed by atoms with E-state index >= 15 is 0 Å². The molecule has 8 heteroatoms. The summed E-state index contributed by atoms with van der Waals surface area (Å²) in [4.78, 5) is 20.9. The van der Waals surface area contributed by atoms with Crippen molar-refractivity contribution in [3.63, 3.8) is 0 Å². The first kappa shape index (κ1) is 14.7. The van der Waals surface area contributed by atoms with Crippen LogP contribution >= 0.6 is 11.6 Å². The van der Waals surface area contributed by atoms with Gasteiger partial charge in [0, 0.05) is 12.6 Å². The molecule has 0 spiro atoms. The number of amidine groups is 1. The molecule has 1 aliphatic rings. The maximum Gasteiger partial charge on any atom is 0.317 e. The monoisotopic (exact) mass is 275 g/mol. The number of aliphatic carboxylic acids is 1. The number of rotatable bonds is 5. The van der Waals surface area contributed by atoms with Crippen molar-refractivity contribution in [1.82, 2.24) is 15.5 Å². The van der Waals surface area contributed by atoms with Gasteiger partial charge in [0.05, 0.1) is 6.54 Å². The molecule has 1 heterocycles. The molecule has 18 heavy (non-hydrogen) atoms. The van der Waals surface area contributed by atoms with Crippen LogP contribution in [0.1, 0.15) is 20.8 Å². The largest absolute Gasteiger partial charge is 0.480 e. The van der Waals surface area contributed by atoms with Crippen LogP contribution in [0.25, 0.3) is 0 Å². The minimum Gasteiger partial charge on any atom is -0.480 e. The van der Waals surface area contributed by atoms with Crippen molar-refractivity contribution in [2.45, 2.75) is 33.1 Å². The zero-order valence-corrected chi connectivity index (χ0v) is 11.4. The number of carbonyl (C=O) groups is 1. The molecule has 1 unspecified atom stereocenters. The van der Waals surface area contributed by atoms with Crippen LogP contribution in [-0.4, -0.2) is 52.7 Å². The number of halogens is 1. The number of carboxylic acid groups (broad SMARTS) is 1. The second-order valence-electron chi connectivity index (χ2n) is 4.03. The van der Waals surface area contributed by atoms with E-state index in [1.165, 1.54) is 0 Å². The first-order chi connectivity index (χ1) is 8.43. The molecule has 0 aromatic rings. The third-order valence-corrected chi connectivity index (χ3v) is 2.37. The van der Waals surface area contributed by atoms with Gasteiger partial charge in [-0.2, -0.15) is 0 Å². The van der Waals surface area contributed by atoms with Crippen molar-refractivity contribution in [2.24, 2.45) is 9.98 Å². The summed E-state index contributed by atoms with van der Waals surface area (Å²) >= 11 is 5.87. The van der Waals surface area contributed by atoms with E-state index in [0.717, 1.165) is 0 Å². The molecule has 102 valence electrons. The Morgan fingerprint density at radius 2 is 2.39 bits per heavy atom. The Morgan fingerprint density at radius 1 is 1.72 bits per heavy atom. The fourth-order valence-electron chi connectivity index (χ4n) is 1.50. The van der Waals surface area contributed by atoms with Crippen LogP contribution < -0.4 is 10.6 Å². The molecular weight excluding hydrogens is 258 g/mol. The van der Waals surface area contributed by atoms with Gasteiger partial charge in [0.1, 0.15) is 0 Å². The number of hydrogen-bond acceptors (Lipinski definition) is 4. The molecule has 1 atom stereocenters. The summed E-state index contributed by atoms with van der Waals surface area (Å²) in [5, 5.41) is 14.5. The summed E-state index contributed by atoms with van der Waals surface area (Å²) in [6.07, 6.45) is -0.516. The molecule has 0 fully saturated rings. The fourth-order valence-corrected chi connectivity index (χ4v) is 1.67. The number of aliphatic imine (C=N–C) groups is 2. The molecule has 0 radical (unpaired) electrons. The highest BCUT2D eigenvalue weighted by molar-refractivity contribution is 6.66. The maximum atomic E-state index is 10.6. The molecule has 0 aromatic heterocycles. The van der Waals surface area contributed by atoms with E-state index in [0.29, 0.717) is 12.5 Å². The Kier molecular flexibility index (Phi) is 5.36. The first-order valence-corrected chi connectivity index (χ1v) is 6.11. The van der Waals surface area contributed by atoms with Gasteiger partial charge in [0.2, 0.25) is 11.3 Å². The zero-order chi connectivity index (χ0) is 13.7. The third-order valence-electron chi connectivity index (χ3n) is 2.17. The van der Waals surface area contributed by atoms with Crippen molar-refractivity contribution < 1.29 is 9.90 Å². The molecule has 3 N–H and O–H groups in total. The predicted molar refractivity (Wildman–Crippen MR) is 70.8 cm³/mol. The van der Waals surface area contributed by atoms with E-state index < -0.39 is 12.3 Å². The van der Waals surface area contributed by atoms with Gasteiger partial charge in [0.15, 0.2) is 6.29 Å². The fraction of sp³-hybridized carbons (Fsp3) is 0.700. The first-order valence-electron chi connectivity index (χ1n) is 5.74. The van der Waals surface area contributed by atoms with Crippen LogP contribution in [0.15, 0.2) is 9.98 Å². The molecule has 1 aliphatic heterocycles. The van der Waals surface area contributed by atoms with Gasteiger partial charge in [-0.25, -0.2) is 9.98 Å². The van der Waals surface area contributed by atoms with Gasteiger partial charge >= 0.3 is 5.97 Å². The SMILES string of the molecule is CCN1C(=NC(C)C)NC(Cl)=NC1NCC(=O)O. The maximum absolute atomic E-state index is 10.6. The van der Waals surface area contributed by atoms with Gasteiger partial charge in [-0.3, -0.25) is 10.1 Å². The average Bonchev–Trinajstić information content (AvgIpc) is 2.25. The highest BCUT2D eigenvalue weighted by atomic mass is 35.5. The van der Waals surface area contributed by atoms with Crippen molar-refractivity contribution in [3.05, 3.63) is 0 Å². The number of guanidine groups is 1.